The van der Waals surface area contributed by atoms with E-state index in [0.717, 1.165) is 0 Å². The highest BCUT2D eigenvalue weighted by Gasteiger charge is 2.43. The predicted octanol–water partition coefficient (Wildman–Crippen LogP) is 4.37. The van der Waals surface area contributed by atoms with E-state index in [1.54, 1.807) is 19.1 Å². The largest absolute Gasteiger partial charge is 0.496 e. The van der Waals surface area contributed by atoms with Crippen molar-refractivity contribution < 1.29 is 19.2 Å². The molecule has 0 spiro atoms. The number of carbonyl (C=O) groups is 1. The molecule has 11 heteroatoms. The quantitative estimate of drug-likeness (QED) is 0.433. The lowest BCUT2D eigenvalue weighted by Crippen LogP contribution is -2.33. The number of nitro groups is 1. The number of ketones is 1. The second-order valence-corrected chi connectivity index (χ2v) is 10.2. The lowest BCUT2D eigenvalue weighted by Gasteiger charge is -2.37. The highest BCUT2D eigenvalue weighted by Crippen LogP contribution is 2.48. The molecule has 0 radical (unpaired) electrons. The SMILES string of the molecule is COc1ccc(C2C(C#N)=C(N)OC3=C2C(=O)CC(C)(C)C3)cc1Cn1nc([N+](=O)[O-])c(Br)c1C. The number of halogens is 1. The number of methoxy groups -OCH3 is 1. The van der Waals surface area contributed by atoms with E-state index in [1.165, 1.54) is 11.8 Å². The van der Waals surface area contributed by atoms with E-state index < -0.39 is 10.8 Å². The van der Waals surface area contributed by atoms with E-state index in [9.17, 15) is 20.2 Å². The molecule has 1 aromatic carbocycles. The standard InChI is InChI=1S/C24H24BrN5O5/c1-12-21(25)23(30(32)33)28-29(12)11-14-7-13(5-6-17(14)34-4)19-15(10-26)22(27)35-18-9-24(2,3)8-16(31)20(18)19/h5-7,19H,8-9,11,27H2,1-4H3. The van der Waals surface area contributed by atoms with Gasteiger partial charge >= 0.3 is 5.82 Å². The van der Waals surface area contributed by atoms with Crippen molar-refractivity contribution in [2.24, 2.45) is 11.1 Å². The van der Waals surface area contributed by atoms with E-state index in [0.29, 0.717) is 51.2 Å². The number of rotatable bonds is 5. The van der Waals surface area contributed by atoms with Gasteiger partial charge in [0.1, 0.15) is 27.6 Å². The summed E-state index contributed by atoms with van der Waals surface area (Å²) in [5.41, 5.74) is 8.37. The molecule has 2 aromatic rings. The number of benzene rings is 1. The molecular formula is C24H24BrN5O5. The highest BCUT2D eigenvalue weighted by molar-refractivity contribution is 9.10. The number of hydrogen-bond donors (Lipinski definition) is 1. The summed E-state index contributed by atoms with van der Waals surface area (Å²) in [5.74, 6) is -0.0303. The van der Waals surface area contributed by atoms with Crippen molar-refractivity contribution in [2.45, 2.75) is 46.1 Å². The third-order valence-corrected chi connectivity index (χ3v) is 7.25. The first-order valence-corrected chi connectivity index (χ1v) is 11.6. The molecular weight excluding hydrogens is 518 g/mol. The lowest BCUT2D eigenvalue weighted by molar-refractivity contribution is -0.390. The molecule has 4 rings (SSSR count). The molecule has 0 saturated heterocycles. The van der Waals surface area contributed by atoms with Crippen molar-refractivity contribution in [1.82, 2.24) is 9.78 Å². The fraction of sp³-hybridized carbons (Fsp3) is 0.375. The van der Waals surface area contributed by atoms with Gasteiger partial charge in [0.05, 0.1) is 30.4 Å². The van der Waals surface area contributed by atoms with Crippen LogP contribution in [0.5, 0.6) is 5.75 Å². The Balaban J connectivity index is 1.83. The number of ether oxygens (including phenoxy) is 2. The van der Waals surface area contributed by atoms with Crippen LogP contribution in [0.3, 0.4) is 0 Å². The van der Waals surface area contributed by atoms with Gasteiger partial charge in [-0.1, -0.05) is 19.9 Å². The molecule has 0 amide bonds. The molecule has 182 valence electrons. The van der Waals surface area contributed by atoms with E-state index >= 15 is 0 Å². The van der Waals surface area contributed by atoms with E-state index in [4.69, 9.17) is 15.2 Å². The molecule has 1 aliphatic carbocycles. The predicted molar refractivity (Wildman–Crippen MR) is 129 cm³/mol. The van der Waals surface area contributed by atoms with Gasteiger partial charge in [-0.05, 0) is 50.9 Å². The molecule has 35 heavy (non-hydrogen) atoms. The summed E-state index contributed by atoms with van der Waals surface area (Å²) in [7, 11) is 1.52. The zero-order valence-electron chi connectivity index (χ0n) is 19.7. The van der Waals surface area contributed by atoms with E-state index in [1.807, 2.05) is 19.9 Å². The van der Waals surface area contributed by atoms with E-state index in [2.05, 4.69) is 27.1 Å². The second-order valence-electron chi connectivity index (χ2n) is 9.41. The average Bonchev–Trinajstić information content (AvgIpc) is 3.06. The van der Waals surface area contributed by atoms with Crippen LogP contribution in [-0.4, -0.2) is 27.6 Å². The number of Topliss-reactive ketones (excluding diaryl/α,β-unsaturated/α-hetero) is 1. The summed E-state index contributed by atoms with van der Waals surface area (Å²) in [6, 6.07) is 7.47. The Kier molecular flexibility index (Phi) is 6.19. The summed E-state index contributed by atoms with van der Waals surface area (Å²) in [4.78, 5) is 24.0. The normalized spacial score (nSPS) is 19.2. The van der Waals surface area contributed by atoms with Gasteiger partial charge < -0.3 is 25.3 Å². The number of hydrogen-bond acceptors (Lipinski definition) is 8. The van der Waals surface area contributed by atoms with Crippen molar-refractivity contribution in [3.05, 3.63) is 72.4 Å². The van der Waals surface area contributed by atoms with Crippen molar-refractivity contribution in [1.29, 1.82) is 5.26 Å². The molecule has 0 fully saturated rings. The van der Waals surface area contributed by atoms with E-state index in [-0.39, 0.29) is 35.0 Å². The maximum absolute atomic E-state index is 13.2. The van der Waals surface area contributed by atoms with Gasteiger partial charge in [-0.3, -0.25) is 4.79 Å². The second kappa shape index (κ2) is 8.85. The molecule has 2 heterocycles. The smallest absolute Gasteiger partial charge is 0.404 e. The minimum Gasteiger partial charge on any atom is -0.496 e. The Morgan fingerprint density at radius 1 is 1.43 bits per heavy atom. The Morgan fingerprint density at radius 2 is 2.14 bits per heavy atom. The van der Waals surface area contributed by atoms with Crippen LogP contribution >= 0.6 is 15.9 Å². The molecule has 0 saturated carbocycles. The van der Waals surface area contributed by atoms with Gasteiger partial charge in [-0.2, -0.15) is 9.94 Å². The number of nitrogens with zero attached hydrogens (tertiary/aromatic N) is 4. The molecule has 2 N–H and O–H groups in total. The van der Waals surface area contributed by atoms with Gasteiger partial charge in [0, 0.05) is 24.0 Å². The number of aromatic nitrogens is 2. The van der Waals surface area contributed by atoms with Gasteiger partial charge in [0.15, 0.2) is 5.78 Å². The van der Waals surface area contributed by atoms with Crippen LogP contribution in [0.2, 0.25) is 0 Å². The first kappa shape index (κ1) is 24.5. The highest BCUT2D eigenvalue weighted by atomic mass is 79.9. The van der Waals surface area contributed by atoms with Crippen molar-refractivity contribution in [2.75, 3.05) is 7.11 Å². The molecule has 1 unspecified atom stereocenters. The molecule has 2 aliphatic rings. The van der Waals surface area contributed by atoms with Crippen LogP contribution in [0.25, 0.3) is 0 Å². The van der Waals surface area contributed by atoms with Gasteiger partial charge in [-0.15, -0.1) is 0 Å². The number of allylic oxidation sites excluding steroid dienone is 3. The van der Waals surface area contributed by atoms with Crippen molar-refractivity contribution in [3.63, 3.8) is 0 Å². The van der Waals surface area contributed by atoms with Gasteiger partial charge in [0.2, 0.25) is 5.88 Å². The van der Waals surface area contributed by atoms with Crippen LogP contribution in [0.15, 0.2) is 45.5 Å². The molecule has 1 aromatic heterocycles. The Hall–Kier alpha value is -3.65. The maximum Gasteiger partial charge on any atom is 0.404 e. The number of nitriles is 1. The van der Waals surface area contributed by atoms with Gasteiger partial charge in [0.25, 0.3) is 0 Å². The number of nitrogens with two attached hydrogens (primary N) is 1. The average molecular weight is 542 g/mol. The van der Waals surface area contributed by atoms with Crippen molar-refractivity contribution in [3.8, 4) is 11.8 Å². The maximum atomic E-state index is 13.2. The molecule has 10 nitrogen and oxygen atoms in total. The molecule has 1 aliphatic heterocycles. The third-order valence-electron chi connectivity index (χ3n) is 6.32. The van der Waals surface area contributed by atoms with Crippen LogP contribution in [-0.2, 0) is 16.1 Å². The first-order chi connectivity index (χ1) is 16.5. The van der Waals surface area contributed by atoms with Crippen LogP contribution in [0, 0.1) is 33.8 Å². The molecule has 0 bridgehead atoms. The minimum absolute atomic E-state index is 0.0124. The van der Waals surface area contributed by atoms with Crippen LogP contribution in [0.1, 0.15) is 49.4 Å². The third kappa shape index (κ3) is 4.30. The topological polar surface area (TPSA) is 146 Å². The molecule has 1 atom stereocenters. The first-order valence-electron chi connectivity index (χ1n) is 10.9. The minimum atomic E-state index is -0.684. The lowest BCUT2D eigenvalue weighted by atomic mass is 9.70. The summed E-state index contributed by atoms with van der Waals surface area (Å²) in [6.07, 6.45) is 0.856. The van der Waals surface area contributed by atoms with Crippen LogP contribution < -0.4 is 10.5 Å². The van der Waals surface area contributed by atoms with Gasteiger partial charge in [-0.25, -0.2) is 0 Å². The summed E-state index contributed by atoms with van der Waals surface area (Å²) >= 11 is 3.24. The monoisotopic (exact) mass is 541 g/mol. The van der Waals surface area contributed by atoms with Crippen LogP contribution in [0.4, 0.5) is 5.82 Å². The summed E-state index contributed by atoms with van der Waals surface area (Å²) < 4.78 is 13.1. The summed E-state index contributed by atoms with van der Waals surface area (Å²) in [5, 5.41) is 25.3. The zero-order valence-corrected chi connectivity index (χ0v) is 21.3. The van der Waals surface area contributed by atoms with Crippen molar-refractivity contribution >= 4 is 27.5 Å². The Labute approximate surface area is 210 Å². The zero-order chi connectivity index (χ0) is 25.7. The fourth-order valence-corrected chi connectivity index (χ4v) is 5.09. The Bertz CT molecular complexity index is 1370. The number of carbonyl (C=O) groups excluding carboxylic acids is 1. The summed E-state index contributed by atoms with van der Waals surface area (Å²) in [6.45, 7) is 5.87. The Morgan fingerprint density at radius 3 is 2.74 bits per heavy atom. The fourth-order valence-electron chi connectivity index (χ4n) is 4.66.